The number of para-hydroxylation sites is 1. The van der Waals surface area contributed by atoms with E-state index >= 15 is 0 Å². The highest BCUT2D eigenvalue weighted by atomic mass is 19.4. The van der Waals surface area contributed by atoms with E-state index in [1.54, 1.807) is 12.3 Å². The largest absolute Gasteiger partial charge is 0.412 e. The number of halogens is 3. The number of nitrogen functional groups attached to an aromatic ring is 1. The minimum Gasteiger partial charge on any atom is -0.382 e. The van der Waals surface area contributed by atoms with Gasteiger partial charge in [-0.3, -0.25) is 9.20 Å². The Morgan fingerprint density at radius 3 is 2.85 bits per heavy atom. The highest BCUT2D eigenvalue weighted by Crippen LogP contribution is 2.33. The fourth-order valence-corrected chi connectivity index (χ4v) is 5.42. The molecule has 1 aliphatic rings. The Bertz CT molecular complexity index is 1550. The van der Waals surface area contributed by atoms with E-state index in [2.05, 4.69) is 28.3 Å². The first-order valence-corrected chi connectivity index (χ1v) is 13.7. The highest BCUT2D eigenvalue weighted by Gasteiger charge is 2.34. The third kappa shape index (κ3) is 5.90. The van der Waals surface area contributed by atoms with Gasteiger partial charge in [-0.15, -0.1) is 0 Å². The standard InChI is InChI=1S/C30H33F3N6O/c1-2-7-19(18-36-29(40)21-10-6-11-22(16-21)30(31,32)33)8-5-13-25-38-26(27-28(34)35-14-15-39(25)27)24-17-20-9-3-4-12-23(20)37-24/h3-4,9-10,12,14-17,19,37H,2,5-8,11,13,18H2,1H3,(H2,34,35)(H,36,40)/t19-/m1/s1. The molecule has 0 saturated carbocycles. The van der Waals surface area contributed by atoms with Gasteiger partial charge in [0.15, 0.2) is 0 Å². The molecule has 4 N–H and O–H groups in total. The van der Waals surface area contributed by atoms with Crippen LogP contribution in [0, 0.1) is 5.92 Å². The van der Waals surface area contributed by atoms with E-state index in [0.717, 1.165) is 65.4 Å². The van der Waals surface area contributed by atoms with Gasteiger partial charge in [0, 0.05) is 47.4 Å². The average molecular weight is 551 g/mol. The van der Waals surface area contributed by atoms with Crippen molar-refractivity contribution in [2.45, 2.75) is 58.0 Å². The number of carbonyl (C=O) groups is 1. The first-order valence-electron chi connectivity index (χ1n) is 13.7. The summed E-state index contributed by atoms with van der Waals surface area (Å²) in [6.07, 6.45) is 6.01. The molecule has 210 valence electrons. The fraction of sp³-hybridized carbons (Fsp3) is 0.367. The van der Waals surface area contributed by atoms with Crippen molar-refractivity contribution in [2.24, 2.45) is 5.92 Å². The van der Waals surface area contributed by atoms with Crippen LogP contribution < -0.4 is 11.1 Å². The first-order chi connectivity index (χ1) is 19.2. The lowest BCUT2D eigenvalue weighted by atomic mass is 9.95. The maximum Gasteiger partial charge on any atom is 0.412 e. The van der Waals surface area contributed by atoms with Crippen LogP contribution in [0.15, 0.2) is 66.0 Å². The summed E-state index contributed by atoms with van der Waals surface area (Å²) in [6, 6.07) is 10.1. The maximum atomic E-state index is 13.1. The summed E-state index contributed by atoms with van der Waals surface area (Å²) < 4.78 is 41.3. The summed E-state index contributed by atoms with van der Waals surface area (Å²) in [7, 11) is 0. The van der Waals surface area contributed by atoms with Gasteiger partial charge in [0.05, 0.1) is 5.69 Å². The molecular formula is C30H33F3N6O. The third-order valence-corrected chi connectivity index (χ3v) is 7.44. The SMILES string of the molecule is CCC[C@H](CCCc1nc(-c2cc3ccccc3[nH]2)c2c(N)nccn12)CNC(=O)C1=CCCC(C(F)(F)F)=C1. The molecule has 0 aliphatic heterocycles. The molecule has 1 aliphatic carbocycles. The number of alkyl halides is 3. The van der Waals surface area contributed by atoms with Crippen molar-refractivity contribution in [2.75, 3.05) is 12.3 Å². The van der Waals surface area contributed by atoms with Crippen molar-refractivity contribution >= 4 is 28.1 Å². The monoisotopic (exact) mass is 550 g/mol. The Kier molecular flexibility index (Phi) is 7.95. The molecule has 7 nitrogen and oxygen atoms in total. The number of imidazole rings is 1. The number of hydrogen-bond acceptors (Lipinski definition) is 4. The van der Waals surface area contributed by atoms with Crippen LogP contribution in [0.1, 0.15) is 51.3 Å². The van der Waals surface area contributed by atoms with Gasteiger partial charge in [-0.1, -0.05) is 37.6 Å². The van der Waals surface area contributed by atoms with Crippen molar-refractivity contribution in [3.8, 4) is 11.4 Å². The summed E-state index contributed by atoms with van der Waals surface area (Å²) in [4.78, 5) is 25.3. The van der Waals surface area contributed by atoms with Gasteiger partial charge in [0.25, 0.3) is 5.91 Å². The van der Waals surface area contributed by atoms with E-state index in [0.29, 0.717) is 18.8 Å². The number of aromatic amines is 1. The Morgan fingerprint density at radius 1 is 1.25 bits per heavy atom. The molecule has 5 rings (SSSR count). The predicted molar refractivity (Wildman–Crippen MR) is 150 cm³/mol. The molecule has 1 aromatic carbocycles. The molecule has 10 heteroatoms. The smallest absolute Gasteiger partial charge is 0.382 e. The normalized spacial score (nSPS) is 14.8. The number of aromatic nitrogens is 4. The number of H-pyrrole nitrogens is 1. The Hall–Kier alpha value is -4.08. The van der Waals surface area contributed by atoms with Crippen LogP contribution in [-0.2, 0) is 11.2 Å². The number of benzene rings is 1. The summed E-state index contributed by atoms with van der Waals surface area (Å²) in [5.41, 5.74) is 9.12. The molecule has 0 unspecified atom stereocenters. The lowest BCUT2D eigenvalue weighted by molar-refractivity contribution is -0.117. The number of hydrogen-bond donors (Lipinski definition) is 3. The zero-order valence-corrected chi connectivity index (χ0v) is 22.4. The van der Waals surface area contributed by atoms with Crippen molar-refractivity contribution < 1.29 is 18.0 Å². The molecule has 0 radical (unpaired) electrons. The molecule has 3 heterocycles. The van der Waals surface area contributed by atoms with Crippen LogP contribution >= 0.6 is 0 Å². The summed E-state index contributed by atoms with van der Waals surface area (Å²) in [5, 5.41) is 3.95. The summed E-state index contributed by atoms with van der Waals surface area (Å²) in [5.74, 6) is 1.03. The highest BCUT2D eigenvalue weighted by molar-refractivity contribution is 5.96. The molecule has 1 amide bonds. The van der Waals surface area contributed by atoms with Crippen LogP contribution in [-0.4, -0.2) is 38.0 Å². The molecule has 40 heavy (non-hydrogen) atoms. The number of nitrogens with zero attached hydrogens (tertiary/aromatic N) is 3. The number of aryl methyl sites for hydroxylation is 1. The molecule has 3 aromatic heterocycles. The van der Waals surface area contributed by atoms with Crippen LogP contribution in [0.5, 0.6) is 0 Å². The fourth-order valence-electron chi connectivity index (χ4n) is 5.42. The molecule has 4 aromatic rings. The van der Waals surface area contributed by atoms with Crippen molar-refractivity contribution in [3.63, 3.8) is 0 Å². The van der Waals surface area contributed by atoms with Crippen LogP contribution in [0.3, 0.4) is 0 Å². The minimum absolute atomic E-state index is 0.0911. The molecule has 1 atom stereocenters. The number of allylic oxidation sites excluding steroid dienone is 2. The van der Waals surface area contributed by atoms with Crippen molar-refractivity contribution in [1.82, 2.24) is 24.7 Å². The number of anilines is 1. The Balaban J connectivity index is 1.26. The average Bonchev–Trinajstić information content (AvgIpc) is 3.53. The van der Waals surface area contributed by atoms with Crippen LogP contribution in [0.4, 0.5) is 19.0 Å². The van der Waals surface area contributed by atoms with Gasteiger partial charge >= 0.3 is 6.18 Å². The van der Waals surface area contributed by atoms with Gasteiger partial charge in [0.1, 0.15) is 22.9 Å². The lowest BCUT2D eigenvalue weighted by Gasteiger charge is -2.19. The number of carbonyl (C=O) groups excluding carboxylic acids is 1. The van der Waals surface area contributed by atoms with E-state index in [1.165, 1.54) is 0 Å². The second kappa shape index (κ2) is 11.6. The number of amides is 1. The van der Waals surface area contributed by atoms with Gasteiger partial charge in [-0.25, -0.2) is 9.97 Å². The maximum absolute atomic E-state index is 13.1. The topological polar surface area (TPSA) is 101 Å². The van der Waals surface area contributed by atoms with E-state index in [4.69, 9.17) is 10.7 Å². The second-order valence-electron chi connectivity index (χ2n) is 10.3. The quantitative estimate of drug-likeness (QED) is 0.209. The van der Waals surface area contributed by atoms with Gasteiger partial charge in [-0.2, -0.15) is 13.2 Å². The van der Waals surface area contributed by atoms with Crippen LogP contribution in [0.25, 0.3) is 27.8 Å². The van der Waals surface area contributed by atoms with Crippen molar-refractivity contribution in [3.05, 3.63) is 71.8 Å². The summed E-state index contributed by atoms with van der Waals surface area (Å²) in [6.45, 7) is 2.50. The molecule has 0 saturated heterocycles. The minimum atomic E-state index is -4.41. The number of fused-ring (bicyclic) bond motifs is 2. The Labute approximate surface area is 230 Å². The predicted octanol–water partition coefficient (Wildman–Crippen LogP) is 6.52. The zero-order valence-electron chi connectivity index (χ0n) is 22.4. The first kappa shape index (κ1) is 27.5. The summed E-state index contributed by atoms with van der Waals surface area (Å²) >= 11 is 0. The van der Waals surface area contributed by atoms with E-state index in [1.807, 2.05) is 34.9 Å². The van der Waals surface area contributed by atoms with Gasteiger partial charge in [-0.05, 0) is 56.2 Å². The van der Waals surface area contributed by atoms with E-state index < -0.39 is 17.7 Å². The number of nitrogens with one attached hydrogen (secondary N) is 2. The van der Waals surface area contributed by atoms with Crippen molar-refractivity contribution in [1.29, 1.82) is 0 Å². The van der Waals surface area contributed by atoms with E-state index in [-0.39, 0.29) is 24.3 Å². The molecule has 0 spiro atoms. The van der Waals surface area contributed by atoms with Crippen LogP contribution in [0.2, 0.25) is 0 Å². The number of nitrogens with two attached hydrogens (primary N) is 1. The van der Waals surface area contributed by atoms with E-state index in [9.17, 15) is 18.0 Å². The number of rotatable bonds is 10. The second-order valence-corrected chi connectivity index (χ2v) is 10.3. The lowest BCUT2D eigenvalue weighted by Crippen LogP contribution is -2.31. The molecule has 0 bridgehead atoms. The third-order valence-electron chi connectivity index (χ3n) is 7.44. The molecule has 0 fully saturated rings. The molecular weight excluding hydrogens is 517 g/mol. The van der Waals surface area contributed by atoms with Gasteiger partial charge < -0.3 is 16.0 Å². The zero-order chi connectivity index (χ0) is 28.3. The van der Waals surface area contributed by atoms with Gasteiger partial charge in [0.2, 0.25) is 0 Å². The Morgan fingerprint density at radius 2 is 2.08 bits per heavy atom.